The number of carbonyl (C=O) groups is 2. The molecule has 0 radical (unpaired) electrons. The number of hydrogen-bond acceptors (Lipinski definition) is 5. The lowest BCUT2D eigenvalue weighted by Crippen LogP contribution is -2.32. The molecule has 0 bridgehead atoms. The number of ketones is 1. The number of anilines is 2. The van der Waals surface area contributed by atoms with Gasteiger partial charge in [0.2, 0.25) is 5.95 Å². The summed E-state index contributed by atoms with van der Waals surface area (Å²) in [5.41, 5.74) is 4.09. The Morgan fingerprint density at radius 1 is 1.02 bits per heavy atom. The molecule has 1 aromatic heterocycles. The number of hydrogen-bond donors (Lipinski definition) is 2. The molecule has 1 saturated carbocycles. The minimum Gasteiger partial charge on any atom is -0.339 e. The monoisotopic (exact) mass is 545 g/mol. The van der Waals surface area contributed by atoms with E-state index in [-0.39, 0.29) is 11.7 Å². The van der Waals surface area contributed by atoms with Crippen molar-refractivity contribution in [3.63, 3.8) is 0 Å². The molecule has 2 aromatic carbocycles. The maximum Gasteiger partial charge on any atom is 0.253 e. The third-order valence-electron chi connectivity index (χ3n) is 8.03. The lowest BCUT2D eigenvalue weighted by atomic mass is 10.1. The number of nitrogens with zero attached hydrogens (tertiary/aromatic N) is 3. The first-order chi connectivity index (χ1) is 19.4. The number of amides is 1. The zero-order valence-electron chi connectivity index (χ0n) is 24.8. The Morgan fingerprint density at radius 2 is 1.73 bits per heavy atom. The Labute approximate surface area is 239 Å². The van der Waals surface area contributed by atoms with E-state index in [1.165, 1.54) is 38.5 Å². The van der Waals surface area contributed by atoms with E-state index in [4.69, 9.17) is 4.98 Å². The van der Waals surface area contributed by atoms with E-state index in [1.54, 1.807) is 6.92 Å². The normalized spacial score (nSPS) is 14.4. The molecule has 4 rings (SSSR count). The number of benzene rings is 2. The summed E-state index contributed by atoms with van der Waals surface area (Å²) >= 11 is 0. The molecule has 2 N–H and O–H groups in total. The maximum absolute atomic E-state index is 13.4. The predicted molar refractivity (Wildman–Crippen MR) is 165 cm³/mol. The summed E-state index contributed by atoms with van der Waals surface area (Å²) < 4.78 is 2.20. The van der Waals surface area contributed by atoms with Gasteiger partial charge < -0.3 is 20.1 Å². The first kappa shape index (κ1) is 29.8. The third-order valence-corrected chi connectivity index (χ3v) is 8.03. The van der Waals surface area contributed by atoms with Crippen molar-refractivity contribution in [2.75, 3.05) is 25.0 Å². The van der Waals surface area contributed by atoms with Gasteiger partial charge in [-0.15, -0.1) is 0 Å². The van der Waals surface area contributed by atoms with Crippen LogP contribution in [0.25, 0.3) is 11.0 Å². The van der Waals surface area contributed by atoms with Gasteiger partial charge in [-0.1, -0.05) is 39.5 Å². The second-order valence-corrected chi connectivity index (χ2v) is 11.6. The summed E-state index contributed by atoms with van der Waals surface area (Å²) in [4.78, 5) is 32.0. The van der Waals surface area contributed by atoms with Crippen molar-refractivity contribution in [2.45, 2.75) is 91.6 Å². The van der Waals surface area contributed by atoms with Gasteiger partial charge in [-0.2, -0.15) is 0 Å². The van der Waals surface area contributed by atoms with Gasteiger partial charge in [0.1, 0.15) is 0 Å². The lowest BCUT2D eigenvalue weighted by Gasteiger charge is -2.22. The number of aromatic nitrogens is 2. The minimum atomic E-state index is 0.0478. The molecule has 0 aliphatic heterocycles. The molecule has 1 heterocycles. The molecule has 1 amide bonds. The van der Waals surface area contributed by atoms with Crippen LogP contribution < -0.4 is 10.6 Å². The van der Waals surface area contributed by atoms with Crippen LogP contribution in [-0.4, -0.2) is 51.8 Å². The molecule has 7 heteroatoms. The van der Waals surface area contributed by atoms with Crippen LogP contribution in [0.15, 0.2) is 42.5 Å². The first-order valence-corrected chi connectivity index (χ1v) is 15.3. The van der Waals surface area contributed by atoms with Crippen LogP contribution in [0.5, 0.6) is 0 Å². The van der Waals surface area contributed by atoms with Crippen LogP contribution in [0.3, 0.4) is 0 Å². The van der Waals surface area contributed by atoms with Crippen molar-refractivity contribution in [2.24, 2.45) is 5.92 Å². The second-order valence-electron chi connectivity index (χ2n) is 11.6. The Morgan fingerprint density at radius 3 is 2.38 bits per heavy atom. The van der Waals surface area contributed by atoms with Crippen molar-refractivity contribution in [3.05, 3.63) is 53.6 Å². The van der Waals surface area contributed by atoms with Crippen LogP contribution in [0.4, 0.5) is 11.6 Å². The van der Waals surface area contributed by atoms with Crippen molar-refractivity contribution >= 4 is 34.4 Å². The van der Waals surface area contributed by atoms with Crippen molar-refractivity contribution < 1.29 is 9.59 Å². The van der Waals surface area contributed by atoms with E-state index in [1.807, 2.05) is 54.3 Å². The highest BCUT2D eigenvalue weighted by molar-refractivity contribution is 5.98. The molecule has 7 nitrogen and oxygen atoms in total. The SMILES string of the molecule is CCN(CCC(C)C)C(=O)c1ccc2nc(Nc3ccc(C(C)=O)cc3)n(CCCNC3CCCCCC3)c2c1. The highest BCUT2D eigenvalue weighted by Gasteiger charge is 2.18. The highest BCUT2D eigenvalue weighted by Crippen LogP contribution is 2.26. The molecule has 1 fully saturated rings. The van der Waals surface area contributed by atoms with E-state index in [2.05, 4.69) is 29.0 Å². The molecule has 0 atom stereocenters. The number of imidazole rings is 1. The van der Waals surface area contributed by atoms with Gasteiger partial charge in [0.25, 0.3) is 5.91 Å². The van der Waals surface area contributed by atoms with Crippen LogP contribution in [0.1, 0.15) is 99.8 Å². The maximum atomic E-state index is 13.4. The molecule has 40 heavy (non-hydrogen) atoms. The van der Waals surface area contributed by atoms with Crippen LogP contribution in [0.2, 0.25) is 0 Å². The van der Waals surface area contributed by atoms with Crippen LogP contribution in [0, 0.1) is 5.92 Å². The molecule has 1 aliphatic rings. The van der Waals surface area contributed by atoms with E-state index in [0.29, 0.717) is 29.6 Å². The lowest BCUT2D eigenvalue weighted by molar-refractivity contribution is 0.0757. The smallest absolute Gasteiger partial charge is 0.253 e. The van der Waals surface area contributed by atoms with Gasteiger partial charge in [-0.3, -0.25) is 9.59 Å². The van der Waals surface area contributed by atoms with E-state index >= 15 is 0 Å². The fourth-order valence-electron chi connectivity index (χ4n) is 5.52. The van der Waals surface area contributed by atoms with Crippen molar-refractivity contribution in [3.8, 4) is 0 Å². The Bertz CT molecular complexity index is 1260. The quantitative estimate of drug-likeness (QED) is 0.135. The van der Waals surface area contributed by atoms with Crippen LogP contribution >= 0.6 is 0 Å². The largest absolute Gasteiger partial charge is 0.339 e. The fourth-order valence-corrected chi connectivity index (χ4v) is 5.52. The zero-order valence-corrected chi connectivity index (χ0v) is 24.8. The molecule has 0 spiro atoms. The molecule has 0 unspecified atom stereocenters. The number of Topliss-reactive ketones (excluding diaryl/α,β-unsaturated/α-hetero) is 1. The topological polar surface area (TPSA) is 79.3 Å². The first-order valence-electron chi connectivity index (χ1n) is 15.3. The van der Waals surface area contributed by atoms with Gasteiger partial charge >= 0.3 is 0 Å². The number of carbonyl (C=O) groups excluding carboxylic acids is 2. The van der Waals surface area contributed by atoms with Crippen molar-refractivity contribution in [1.29, 1.82) is 0 Å². The second kappa shape index (κ2) is 14.4. The standard InChI is InChI=1S/C33H47N5O2/c1-5-37(22-19-24(2)3)32(40)27-15-18-30-31(23-27)38(21-10-20-34-28-11-8-6-7-9-12-28)33(36-30)35-29-16-13-26(14-17-29)25(4)39/h13-18,23-24,28,34H,5-12,19-22H2,1-4H3,(H,35,36). The van der Waals surface area contributed by atoms with E-state index in [0.717, 1.165) is 55.1 Å². The minimum absolute atomic E-state index is 0.0478. The number of fused-ring (bicyclic) bond motifs is 1. The molecule has 3 aromatic rings. The van der Waals surface area contributed by atoms with Gasteiger partial charge in [-0.05, 0) is 94.5 Å². The van der Waals surface area contributed by atoms with E-state index in [9.17, 15) is 9.59 Å². The Kier molecular flexibility index (Phi) is 10.8. The zero-order chi connectivity index (χ0) is 28.5. The number of nitrogens with one attached hydrogen (secondary N) is 2. The molecule has 216 valence electrons. The van der Waals surface area contributed by atoms with Gasteiger partial charge in [0.05, 0.1) is 11.0 Å². The Balaban J connectivity index is 1.56. The fraction of sp³-hybridized carbons (Fsp3) is 0.545. The third kappa shape index (κ3) is 7.94. The average Bonchev–Trinajstić information content (AvgIpc) is 3.09. The van der Waals surface area contributed by atoms with Crippen LogP contribution in [-0.2, 0) is 6.54 Å². The summed E-state index contributed by atoms with van der Waals surface area (Å²) in [6.07, 6.45) is 9.86. The summed E-state index contributed by atoms with van der Waals surface area (Å²) in [7, 11) is 0. The number of aryl methyl sites for hydroxylation is 1. The van der Waals surface area contributed by atoms with Crippen molar-refractivity contribution in [1.82, 2.24) is 19.8 Å². The number of rotatable bonds is 13. The summed E-state index contributed by atoms with van der Waals surface area (Å²) in [5, 5.41) is 7.25. The summed E-state index contributed by atoms with van der Waals surface area (Å²) in [6, 6.07) is 14.0. The van der Waals surface area contributed by atoms with Gasteiger partial charge in [0, 0.05) is 42.5 Å². The average molecular weight is 546 g/mol. The highest BCUT2D eigenvalue weighted by atomic mass is 16.2. The van der Waals surface area contributed by atoms with E-state index < -0.39 is 0 Å². The molecule has 0 saturated heterocycles. The molecular formula is C33H47N5O2. The predicted octanol–water partition coefficient (Wildman–Crippen LogP) is 7.19. The van der Waals surface area contributed by atoms with Gasteiger partial charge in [0.15, 0.2) is 5.78 Å². The molecule has 1 aliphatic carbocycles. The van der Waals surface area contributed by atoms with Gasteiger partial charge in [-0.25, -0.2) is 4.98 Å². The summed E-state index contributed by atoms with van der Waals surface area (Å²) in [6.45, 7) is 11.2. The molecular weight excluding hydrogens is 498 g/mol. The Hall–Kier alpha value is -3.19. The summed E-state index contributed by atoms with van der Waals surface area (Å²) in [5.74, 6) is 1.42.